The third-order valence-corrected chi connectivity index (χ3v) is 10.7. The summed E-state index contributed by atoms with van der Waals surface area (Å²) in [6.07, 6.45) is 14.3. The van der Waals surface area contributed by atoms with Gasteiger partial charge in [0.2, 0.25) is 11.8 Å². The van der Waals surface area contributed by atoms with E-state index in [0.717, 1.165) is 60.3 Å². The maximum Gasteiger partial charge on any atom is 0.410 e. The molecule has 3 heterocycles. The van der Waals surface area contributed by atoms with Crippen LogP contribution in [0.1, 0.15) is 77.3 Å². The van der Waals surface area contributed by atoms with Gasteiger partial charge in [-0.15, -0.1) is 0 Å². The second-order valence-electron chi connectivity index (χ2n) is 15.6. The van der Waals surface area contributed by atoms with E-state index >= 15 is 0 Å². The quantitative estimate of drug-likeness (QED) is 0.207. The Labute approximate surface area is 325 Å². The van der Waals surface area contributed by atoms with Crippen molar-refractivity contribution in [2.24, 2.45) is 11.8 Å². The van der Waals surface area contributed by atoms with Crippen LogP contribution in [0.15, 0.2) is 96.9 Å². The molecule has 3 amide bonds. The lowest BCUT2D eigenvalue weighted by Gasteiger charge is -2.42. The number of likely N-dealkylation sites (tertiary alicyclic amines) is 1. The van der Waals surface area contributed by atoms with Crippen molar-refractivity contribution in [1.29, 1.82) is 0 Å². The minimum Gasteiger partial charge on any atom is -0.466 e. The predicted molar refractivity (Wildman–Crippen MR) is 209 cm³/mol. The highest BCUT2D eigenvalue weighted by molar-refractivity contribution is 5.85. The van der Waals surface area contributed by atoms with Crippen LogP contribution in [0.3, 0.4) is 0 Å². The fourth-order valence-electron chi connectivity index (χ4n) is 8.20. The average molecular weight is 754 g/mol. The summed E-state index contributed by atoms with van der Waals surface area (Å²) in [7, 11) is 1.70. The van der Waals surface area contributed by atoms with E-state index in [9.17, 15) is 14.4 Å². The van der Waals surface area contributed by atoms with Crippen molar-refractivity contribution in [2.45, 2.75) is 83.3 Å². The molecule has 0 radical (unpaired) electrons. The Morgan fingerprint density at radius 2 is 1.71 bits per heavy atom. The van der Waals surface area contributed by atoms with Gasteiger partial charge in [0.25, 0.3) is 0 Å². The van der Waals surface area contributed by atoms with Gasteiger partial charge in [-0.2, -0.15) is 0 Å². The van der Waals surface area contributed by atoms with Gasteiger partial charge in [0.1, 0.15) is 41.9 Å². The maximum absolute atomic E-state index is 14.8. The van der Waals surface area contributed by atoms with Crippen molar-refractivity contribution in [1.82, 2.24) is 15.1 Å². The number of allylic oxidation sites excluding steroid dienone is 3. The zero-order valence-corrected chi connectivity index (χ0v) is 32.8. The summed E-state index contributed by atoms with van der Waals surface area (Å²) < 4.78 is 29.0. The molecule has 1 fully saturated rings. The van der Waals surface area contributed by atoms with Gasteiger partial charge in [-0.05, 0) is 83.9 Å². The third kappa shape index (κ3) is 9.10. The monoisotopic (exact) mass is 753 g/mol. The van der Waals surface area contributed by atoms with E-state index < -0.39 is 35.0 Å². The molecule has 1 unspecified atom stereocenters. The van der Waals surface area contributed by atoms with Crippen LogP contribution in [-0.2, 0) is 34.0 Å². The van der Waals surface area contributed by atoms with Gasteiger partial charge in [0.05, 0.1) is 11.8 Å². The average Bonchev–Trinajstić information content (AvgIpc) is 3.20. The highest BCUT2D eigenvalue weighted by Gasteiger charge is 2.45. The minimum atomic E-state index is -0.759. The van der Waals surface area contributed by atoms with Gasteiger partial charge < -0.3 is 38.8 Å². The normalized spacial score (nSPS) is 20.3. The predicted octanol–water partition coefficient (Wildman–Crippen LogP) is 7.74. The van der Waals surface area contributed by atoms with Crippen LogP contribution in [-0.4, -0.2) is 79.2 Å². The number of hydrogen-bond donors (Lipinski definition) is 1. The van der Waals surface area contributed by atoms with Crippen LogP contribution in [0, 0.1) is 11.8 Å². The number of ether oxygens (including phenoxy) is 5. The SMILES string of the molecule is CCN(C(=O)[C@@H]1C[C@H](C(=O)NCC2(CCCCOC)c3ccccc3Oc3ccccc32)CN(C(=O)OC(C)(C)C)C1)C(C1=CC=CCC1)C1=COC=CO1. The fraction of sp³-hybridized carbons (Fsp3) is 0.477. The van der Waals surface area contributed by atoms with Crippen LogP contribution >= 0.6 is 0 Å². The Kier molecular flexibility index (Phi) is 12.7. The molecular formula is C44H55N3O8. The molecule has 0 spiro atoms. The first-order valence-electron chi connectivity index (χ1n) is 19.5. The number of carbonyl (C=O) groups is 3. The molecule has 0 saturated carbocycles. The van der Waals surface area contributed by atoms with E-state index in [1.807, 2.05) is 76.2 Å². The van der Waals surface area contributed by atoms with Crippen LogP contribution in [0.5, 0.6) is 11.5 Å². The Morgan fingerprint density at radius 3 is 2.33 bits per heavy atom. The molecule has 1 aliphatic carbocycles. The van der Waals surface area contributed by atoms with Crippen LogP contribution < -0.4 is 10.1 Å². The standard InChI is InChI=1S/C44H55N3O8/c1-6-47(39(31-16-8-7-9-17-31)38-29-52-24-25-53-38)41(49)33-26-32(27-46(28-33)42(50)55-43(2,3)4)40(48)45-30-44(22-14-15-23-51-5)34-18-10-12-20-36(34)54-37-21-13-11-19-35(37)44/h7-8,10-13,16,18-21,24-25,29,32-33,39H,6,9,14-15,17,22-23,26-28,30H2,1-5H3,(H,45,48)/t32-,33+,39?/m0/s1. The lowest BCUT2D eigenvalue weighted by Crippen LogP contribution is -2.55. The van der Waals surface area contributed by atoms with Crippen molar-refractivity contribution in [3.8, 4) is 11.5 Å². The summed E-state index contributed by atoms with van der Waals surface area (Å²) in [4.78, 5) is 46.3. The topological polar surface area (TPSA) is 116 Å². The summed E-state index contributed by atoms with van der Waals surface area (Å²) >= 11 is 0. The Balaban J connectivity index is 1.30. The molecule has 294 valence electrons. The number of amides is 3. The van der Waals surface area contributed by atoms with Crippen molar-refractivity contribution in [2.75, 3.05) is 39.9 Å². The number of fused-ring (bicyclic) bond motifs is 2. The Morgan fingerprint density at radius 1 is 1.00 bits per heavy atom. The first kappa shape index (κ1) is 39.7. The third-order valence-electron chi connectivity index (χ3n) is 10.7. The van der Waals surface area contributed by atoms with Crippen LogP contribution in [0.4, 0.5) is 4.79 Å². The number of likely N-dealkylation sites (N-methyl/N-ethyl adjacent to an activating group) is 1. The molecule has 2 aromatic carbocycles. The van der Waals surface area contributed by atoms with Crippen molar-refractivity contribution < 1.29 is 38.1 Å². The van der Waals surface area contributed by atoms with Gasteiger partial charge in [-0.3, -0.25) is 9.59 Å². The van der Waals surface area contributed by atoms with E-state index in [-0.39, 0.29) is 31.3 Å². The van der Waals surface area contributed by atoms with E-state index in [4.69, 9.17) is 23.7 Å². The molecule has 3 aliphatic heterocycles. The fourth-order valence-corrected chi connectivity index (χ4v) is 8.20. The minimum absolute atomic E-state index is 0.123. The molecule has 4 aliphatic rings. The molecule has 11 nitrogen and oxygen atoms in total. The number of piperidine rings is 1. The smallest absolute Gasteiger partial charge is 0.410 e. The lowest BCUT2D eigenvalue weighted by atomic mass is 9.69. The molecule has 0 aromatic heterocycles. The van der Waals surface area contributed by atoms with E-state index in [1.165, 1.54) is 23.7 Å². The van der Waals surface area contributed by atoms with Gasteiger partial charge in [-0.1, -0.05) is 54.6 Å². The Bertz CT molecular complexity index is 1780. The van der Waals surface area contributed by atoms with Gasteiger partial charge in [-0.25, -0.2) is 4.79 Å². The van der Waals surface area contributed by atoms with E-state index in [0.29, 0.717) is 25.5 Å². The van der Waals surface area contributed by atoms with Crippen molar-refractivity contribution in [3.05, 3.63) is 108 Å². The zero-order chi connectivity index (χ0) is 39.0. The summed E-state index contributed by atoms with van der Waals surface area (Å²) in [5.74, 6) is 0.287. The second-order valence-corrected chi connectivity index (χ2v) is 15.6. The number of unbranched alkanes of at least 4 members (excludes halogenated alkanes) is 1. The van der Waals surface area contributed by atoms with Crippen LogP contribution in [0.25, 0.3) is 0 Å². The molecule has 0 bridgehead atoms. The number of rotatable bonds is 13. The van der Waals surface area contributed by atoms with E-state index in [2.05, 4.69) is 23.5 Å². The summed E-state index contributed by atoms with van der Waals surface area (Å²) in [6.45, 7) is 8.92. The molecule has 2 aromatic rings. The van der Waals surface area contributed by atoms with Gasteiger partial charge >= 0.3 is 6.09 Å². The largest absolute Gasteiger partial charge is 0.466 e. The first-order valence-corrected chi connectivity index (χ1v) is 19.5. The second kappa shape index (κ2) is 17.6. The summed E-state index contributed by atoms with van der Waals surface area (Å²) in [5, 5.41) is 3.32. The summed E-state index contributed by atoms with van der Waals surface area (Å²) in [5.41, 5.74) is 1.69. The van der Waals surface area contributed by atoms with Gasteiger partial charge in [0, 0.05) is 56.4 Å². The molecule has 11 heteroatoms. The van der Waals surface area contributed by atoms with E-state index in [1.54, 1.807) is 12.0 Å². The number of benzene rings is 2. The number of hydrogen-bond acceptors (Lipinski definition) is 8. The van der Waals surface area contributed by atoms with Crippen LogP contribution in [0.2, 0.25) is 0 Å². The number of methoxy groups -OCH3 is 1. The first-order chi connectivity index (χ1) is 26.5. The van der Waals surface area contributed by atoms with Crippen molar-refractivity contribution >= 4 is 17.9 Å². The highest BCUT2D eigenvalue weighted by atomic mass is 16.6. The van der Waals surface area contributed by atoms with Gasteiger partial charge in [0.15, 0.2) is 5.76 Å². The Hall–Kier alpha value is -5.03. The highest BCUT2D eigenvalue weighted by Crippen LogP contribution is 2.50. The van der Waals surface area contributed by atoms with Crippen molar-refractivity contribution in [3.63, 3.8) is 0 Å². The number of para-hydroxylation sites is 2. The molecule has 3 atom stereocenters. The molecule has 55 heavy (non-hydrogen) atoms. The zero-order valence-electron chi connectivity index (χ0n) is 32.8. The number of carbonyl (C=O) groups excluding carboxylic acids is 3. The molecule has 1 saturated heterocycles. The maximum atomic E-state index is 14.8. The molecule has 1 N–H and O–H groups in total. The number of nitrogens with zero attached hydrogens (tertiary/aromatic N) is 2. The number of nitrogens with one attached hydrogen (secondary N) is 1. The summed E-state index contributed by atoms with van der Waals surface area (Å²) in [6, 6.07) is 15.5. The molecular weight excluding hydrogens is 698 g/mol. The molecule has 6 rings (SSSR count). The lowest BCUT2D eigenvalue weighted by molar-refractivity contribution is -0.141.